The molecule has 0 aliphatic heterocycles. The van der Waals surface area contributed by atoms with E-state index in [0.717, 1.165) is 26.5 Å². The average Bonchev–Trinajstić information content (AvgIpc) is 3.20. The van der Waals surface area contributed by atoms with Crippen LogP contribution >= 0.6 is 22.7 Å². The Morgan fingerprint density at radius 1 is 1.17 bits per heavy atom. The van der Waals surface area contributed by atoms with Gasteiger partial charge >= 0.3 is 0 Å². The number of hydrogen-bond acceptors (Lipinski definition) is 5. The molecular formula is C17H18N2O2S2. The van der Waals surface area contributed by atoms with Crippen molar-refractivity contribution in [1.82, 2.24) is 9.88 Å². The lowest BCUT2D eigenvalue weighted by Gasteiger charge is -2.19. The number of aliphatic hydroxyl groups is 1. The Kier molecular flexibility index (Phi) is 5.05. The third-order valence-corrected chi connectivity index (χ3v) is 5.75. The lowest BCUT2D eigenvalue weighted by atomic mass is 10.3. The van der Waals surface area contributed by atoms with Crippen molar-refractivity contribution in [3.8, 4) is 9.88 Å². The first kappa shape index (κ1) is 16.1. The average molecular weight is 346 g/mol. The number of carbonyl (C=O) groups excluding carboxylic acids is 1. The lowest BCUT2D eigenvalue weighted by molar-refractivity contribution is 0.0727. The highest BCUT2D eigenvalue weighted by Crippen LogP contribution is 2.34. The molecule has 1 N–H and O–H groups in total. The van der Waals surface area contributed by atoms with E-state index in [0.29, 0.717) is 18.0 Å². The van der Waals surface area contributed by atoms with E-state index in [-0.39, 0.29) is 12.5 Å². The zero-order valence-electron chi connectivity index (χ0n) is 12.9. The van der Waals surface area contributed by atoms with Crippen LogP contribution in [0.4, 0.5) is 0 Å². The van der Waals surface area contributed by atoms with Crippen LogP contribution in [-0.2, 0) is 0 Å². The van der Waals surface area contributed by atoms with Gasteiger partial charge in [-0.15, -0.1) is 22.7 Å². The SMILES string of the molecule is CCCN(CCO)C(=O)c1ccc(-c2nc3ccccc3s2)s1. The summed E-state index contributed by atoms with van der Waals surface area (Å²) in [6, 6.07) is 11.9. The van der Waals surface area contributed by atoms with Gasteiger partial charge in [-0.2, -0.15) is 0 Å². The molecule has 0 saturated carbocycles. The maximum atomic E-state index is 12.5. The van der Waals surface area contributed by atoms with E-state index in [1.807, 2.05) is 37.3 Å². The molecule has 0 bridgehead atoms. The summed E-state index contributed by atoms with van der Waals surface area (Å²) >= 11 is 3.10. The molecule has 23 heavy (non-hydrogen) atoms. The van der Waals surface area contributed by atoms with Crippen molar-refractivity contribution >= 4 is 38.8 Å². The number of benzene rings is 1. The molecule has 6 heteroatoms. The molecule has 0 aliphatic rings. The Morgan fingerprint density at radius 2 is 2.00 bits per heavy atom. The smallest absolute Gasteiger partial charge is 0.264 e. The third-order valence-electron chi connectivity index (χ3n) is 3.47. The fourth-order valence-corrected chi connectivity index (χ4v) is 4.40. The van der Waals surface area contributed by atoms with Gasteiger partial charge in [-0.1, -0.05) is 19.1 Å². The normalized spacial score (nSPS) is 11.0. The maximum absolute atomic E-state index is 12.5. The Balaban J connectivity index is 1.85. The quantitative estimate of drug-likeness (QED) is 0.737. The van der Waals surface area contributed by atoms with Crippen molar-refractivity contribution in [2.45, 2.75) is 13.3 Å². The minimum atomic E-state index is -0.0155. The van der Waals surface area contributed by atoms with Crippen molar-refractivity contribution in [3.05, 3.63) is 41.3 Å². The number of hydrogen-bond donors (Lipinski definition) is 1. The third kappa shape index (κ3) is 3.44. The number of thiazole rings is 1. The summed E-state index contributed by atoms with van der Waals surface area (Å²) in [5, 5.41) is 10.1. The van der Waals surface area contributed by atoms with Crippen molar-refractivity contribution < 1.29 is 9.90 Å². The molecule has 0 aliphatic carbocycles. The lowest BCUT2D eigenvalue weighted by Crippen LogP contribution is -2.33. The number of rotatable bonds is 6. The van der Waals surface area contributed by atoms with Crippen LogP contribution in [0.2, 0.25) is 0 Å². The molecule has 3 aromatic rings. The maximum Gasteiger partial charge on any atom is 0.264 e. The minimum absolute atomic E-state index is 0.0121. The van der Waals surface area contributed by atoms with Crippen LogP contribution in [0, 0.1) is 0 Å². The first-order chi connectivity index (χ1) is 11.2. The minimum Gasteiger partial charge on any atom is -0.395 e. The number of para-hydroxylation sites is 1. The van der Waals surface area contributed by atoms with E-state index in [1.54, 1.807) is 16.2 Å². The van der Waals surface area contributed by atoms with Gasteiger partial charge in [0.2, 0.25) is 0 Å². The van der Waals surface area contributed by atoms with Crippen LogP contribution in [-0.4, -0.2) is 40.6 Å². The van der Waals surface area contributed by atoms with Crippen molar-refractivity contribution in [2.24, 2.45) is 0 Å². The summed E-state index contributed by atoms with van der Waals surface area (Å²) in [5.74, 6) is -0.0155. The van der Waals surface area contributed by atoms with E-state index >= 15 is 0 Å². The van der Waals surface area contributed by atoms with Crippen LogP contribution in [0.3, 0.4) is 0 Å². The molecule has 0 radical (unpaired) electrons. The summed E-state index contributed by atoms with van der Waals surface area (Å²) in [6.07, 6.45) is 0.877. The van der Waals surface area contributed by atoms with Crippen LogP contribution in [0.25, 0.3) is 20.1 Å². The summed E-state index contributed by atoms with van der Waals surface area (Å²) in [7, 11) is 0. The van der Waals surface area contributed by atoms with Gasteiger partial charge in [-0.25, -0.2) is 4.98 Å². The van der Waals surface area contributed by atoms with Gasteiger partial charge in [0, 0.05) is 13.1 Å². The number of carbonyl (C=O) groups is 1. The van der Waals surface area contributed by atoms with Crippen molar-refractivity contribution in [2.75, 3.05) is 19.7 Å². The number of nitrogens with zero attached hydrogens (tertiary/aromatic N) is 2. The molecule has 2 aromatic heterocycles. The first-order valence-corrected chi connectivity index (χ1v) is 9.22. The monoisotopic (exact) mass is 346 g/mol. The highest BCUT2D eigenvalue weighted by Gasteiger charge is 2.18. The molecule has 2 heterocycles. The topological polar surface area (TPSA) is 53.4 Å². The van der Waals surface area contributed by atoms with Crippen molar-refractivity contribution in [3.63, 3.8) is 0 Å². The molecule has 0 fully saturated rings. The molecule has 1 aromatic carbocycles. The van der Waals surface area contributed by atoms with Gasteiger partial charge in [-0.05, 0) is 30.7 Å². The first-order valence-electron chi connectivity index (χ1n) is 7.59. The highest BCUT2D eigenvalue weighted by molar-refractivity contribution is 7.26. The van der Waals surface area contributed by atoms with Crippen LogP contribution in [0.5, 0.6) is 0 Å². The molecule has 0 atom stereocenters. The van der Waals surface area contributed by atoms with E-state index in [4.69, 9.17) is 5.11 Å². The fourth-order valence-electron chi connectivity index (χ4n) is 2.41. The predicted molar refractivity (Wildman–Crippen MR) is 96.2 cm³/mol. The molecule has 0 unspecified atom stereocenters. The zero-order valence-corrected chi connectivity index (χ0v) is 14.5. The van der Waals surface area contributed by atoms with Crippen LogP contribution in [0.1, 0.15) is 23.0 Å². The second-order valence-corrected chi connectivity index (χ2v) is 7.28. The number of amides is 1. The Hall–Kier alpha value is -1.76. The van der Waals surface area contributed by atoms with Crippen LogP contribution in [0.15, 0.2) is 36.4 Å². The highest BCUT2D eigenvalue weighted by atomic mass is 32.1. The fraction of sp³-hybridized carbons (Fsp3) is 0.294. The van der Waals surface area contributed by atoms with E-state index in [9.17, 15) is 4.79 Å². The molecule has 0 saturated heterocycles. The number of aliphatic hydroxyl groups excluding tert-OH is 1. The Morgan fingerprint density at radius 3 is 2.74 bits per heavy atom. The molecule has 1 amide bonds. The standard InChI is InChI=1S/C17H18N2O2S2/c1-2-9-19(10-11-20)17(21)15-8-7-14(22-15)16-18-12-5-3-4-6-13(12)23-16/h3-8,20H,2,9-11H2,1H3. The van der Waals surface area contributed by atoms with Gasteiger partial charge in [0.1, 0.15) is 5.01 Å². The van der Waals surface area contributed by atoms with Gasteiger partial charge in [0.05, 0.1) is 26.6 Å². The zero-order chi connectivity index (χ0) is 16.2. The molecule has 0 spiro atoms. The van der Waals surface area contributed by atoms with Gasteiger partial charge in [0.15, 0.2) is 0 Å². The second kappa shape index (κ2) is 7.21. The predicted octanol–water partition coefficient (Wildman–Crippen LogP) is 3.87. The number of thiophene rings is 1. The second-order valence-electron chi connectivity index (χ2n) is 5.17. The van der Waals surface area contributed by atoms with Gasteiger partial charge in [-0.3, -0.25) is 4.79 Å². The van der Waals surface area contributed by atoms with E-state index < -0.39 is 0 Å². The number of fused-ring (bicyclic) bond motifs is 1. The molecule has 4 nitrogen and oxygen atoms in total. The van der Waals surface area contributed by atoms with E-state index in [2.05, 4.69) is 11.1 Å². The summed E-state index contributed by atoms with van der Waals surface area (Å²) in [6.45, 7) is 3.05. The van der Waals surface area contributed by atoms with Crippen molar-refractivity contribution in [1.29, 1.82) is 0 Å². The van der Waals surface area contributed by atoms with Gasteiger partial charge in [0.25, 0.3) is 5.91 Å². The Bertz CT molecular complexity index is 771. The molecular weight excluding hydrogens is 328 g/mol. The largest absolute Gasteiger partial charge is 0.395 e. The summed E-state index contributed by atoms with van der Waals surface area (Å²) < 4.78 is 1.15. The summed E-state index contributed by atoms with van der Waals surface area (Å²) in [5.41, 5.74) is 0.988. The number of aromatic nitrogens is 1. The molecule has 120 valence electrons. The Labute approximate surface area is 143 Å². The molecule has 3 rings (SSSR count). The van der Waals surface area contributed by atoms with E-state index in [1.165, 1.54) is 11.3 Å². The van der Waals surface area contributed by atoms with Gasteiger partial charge < -0.3 is 10.0 Å². The summed E-state index contributed by atoms with van der Waals surface area (Å²) in [4.78, 5) is 20.6. The van der Waals surface area contributed by atoms with Crippen LogP contribution < -0.4 is 0 Å².